The van der Waals surface area contributed by atoms with Gasteiger partial charge in [-0.2, -0.15) is 0 Å². The summed E-state index contributed by atoms with van der Waals surface area (Å²) in [6, 6.07) is 6.77. The molecule has 1 aliphatic heterocycles. The fraction of sp³-hybridized carbons (Fsp3) is 0.647. The van der Waals surface area contributed by atoms with Gasteiger partial charge in [-0.3, -0.25) is 4.90 Å². The normalized spacial score (nSPS) is 36.7. The average Bonchev–Trinajstić information content (AvgIpc) is 2.67. The lowest BCUT2D eigenvalue weighted by Crippen LogP contribution is -2.47. The lowest BCUT2D eigenvalue weighted by Gasteiger charge is -2.48. The lowest BCUT2D eigenvalue weighted by atomic mass is 9.61. The molecule has 1 saturated heterocycles. The summed E-state index contributed by atoms with van der Waals surface area (Å²) in [5.74, 6) is 2.79. The summed E-state index contributed by atoms with van der Waals surface area (Å²) >= 11 is 0. The van der Waals surface area contributed by atoms with Crippen LogP contribution in [0.1, 0.15) is 36.8 Å². The van der Waals surface area contributed by atoms with Gasteiger partial charge in [0.15, 0.2) is 0 Å². The van der Waals surface area contributed by atoms with Crippen LogP contribution >= 0.6 is 0 Å². The number of ether oxygens (including phenoxy) is 1. The molecule has 3 unspecified atom stereocenters. The zero-order chi connectivity index (χ0) is 13.0. The molecule has 0 spiro atoms. The van der Waals surface area contributed by atoms with Crippen molar-refractivity contribution in [2.45, 2.75) is 37.6 Å². The fourth-order valence-corrected chi connectivity index (χ4v) is 5.22. The number of likely N-dealkylation sites (tertiary alicyclic amines) is 1. The van der Waals surface area contributed by atoms with Crippen LogP contribution in [0.5, 0.6) is 5.75 Å². The van der Waals surface area contributed by atoms with Gasteiger partial charge in [0.25, 0.3) is 0 Å². The SMILES string of the molecule is COc1ccc2c(c1)C13CCCCC1C(C2)CN3C. The molecule has 1 aromatic carbocycles. The number of fused-ring (bicyclic) bond motifs is 1. The zero-order valence-corrected chi connectivity index (χ0v) is 12.0. The molecule has 102 valence electrons. The summed E-state index contributed by atoms with van der Waals surface area (Å²) < 4.78 is 5.48. The van der Waals surface area contributed by atoms with Crippen LogP contribution in [-0.2, 0) is 12.0 Å². The quantitative estimate of drug-likeness (QED) is 0.766. The highest BCUT2D eigenvalue weighted by Gasteiger charge is 2.56. The second kappa shape index (κ2) is 3.99. The summed E-state index contributed by atoms with van der Waals surface area (Å²) in [5.41, 5.74) is 3.48. The Kier molecular flexibility index (Phi) is 2.47. The van der Waals surface area contributed by atoms with Crippen molar-refractivity contribution < 1.29 is 4.74 Å². The van der Waals surface area contributed by atoms with Crippen molar-refractivity contribution in [3.63, 3.8) is 0 Å². The van der Waals surface area contributed by atoms with Crippen LogP contribution in [0.15, 0.2) is 18.2 Å². The Morgan fingerprint density at radius 3 is 3.05 bits per heavy atom. The first-order valence-corrected chi connectivity index (χ1v) is 7.64. The standard InChI is InChI=1S/C17H23NO/c1-18-11-13-9-12-6-7-14(19-2)10-16(12)17(18)8-4-3-5-15(13)17/h6-7,10,13,15H,3-5,8-9,11H2,1-2H3. The molecule has 4 rings (SSSR count). The van der Waals surface area contributed by atoms with Crippen molar-refractivity contribution in [2.75, 3.05) is 20.7 Å². The van der Waals surface area contributed by atoms with Gasteiger partial charge >= 0.3 is 0 Å². The fourth-order valence-electron chi connectivity index (χ4n) is 5.22. The second-order valence-corrected chi connectivity index (χ2v) is 6.64. The summed E-state index contributed by atoms with van der Waals surface area (Å²) in [6.07, 6.45) is 6.84. The maximum Gasteiger partial charge on any atom is 0.119 e. The number of benzene rings is 1. The number of methoxy groups -OCH3 is 1. The van der Waals surface area contributed by atoms with Crippen LogP contribution < -0.4 is 4.74 Å². The number of rotatable bonds is 1. The predicted molar refractivity (Wildman–Crippen MR) is 76.5 cm³/mol. The Bertz CT molecular complexity index is 512. The Morgan fingerprint density at radius 1 is 1.32 bits per heavy atom. The predicted octanol–water partition coefficient (Wildman–Crippen LogP) is 3.20. The van der Waals surface area contributed by atoms with E-state index in [1.165, 1.54) is 38.6 Å². The Hall–Kier alpha value is -1.02. The molecular weight excluding hydrogens is 234 g/mol. The Morgan fingerprint density at radius 2 is 2.21 bits per heavy atom. The van der Waals surface area contributed by atoms with Crippen molar-refractivity contribution in [3.8, 4) is 5.75 Å². The number of nitrogens with zero attached hydrogens (tertiary/aromatic N) is 1. The van der Waals surface area contributed by atoms with E-state index in [0.29, 0.717) is 5.54 Å². The molecule has 2 bridgehead atoms. The smallest absolute Gasteiger partial charge is 0.119 e. The van der Waals surface area contributed by atoms with Crippen molar-refractivity contribution in [1.82, 2.24) is 4.90 Å². The van der Waals surface area contributed by atoms with Crippen LogP contribution in [0.25, 0.3) is 0 Å². The molecule has 3 atom stereocenters. The molecule has 1 heterocycles. The third-order valence-electron chi connectivity index (χ3n) is 5.96. The molecule has 1 aromatic rings. The summed E-state index contributed by atoms with van der Waals surface area (Å²) in [5, 5.41) is 0. The average molecular weight is 257 g/mol. The molecule has 0 aromatic heterocycles. The zero-order valence-electron chi connectivity index (χ0n) is 12.0. The minimum Gasteiger partial charge on any atom is -0.497 e. The van der Waals surface area contributed by atoms with Crippen molar-refractivity contribution in [2.24, 2.45) is 11.8 Å². The highest BCUT2D eigenvalue weighted by molar-refractivity contribution is 5.45. The highest BCUT2D eigenvalue weighted by Crippen LogP contribution is 2.58. The van der Waals surface area contributed by atoms with Crippen molar-refractivity contribution in [3.05, 3.63) is 29.3 Å². The van der Waals surface area contributed by atoms with E-state index in [1.807, 2.05) is 0 Å². The molecule has 3 aliphatic rings. The van der Waals surface area contributed by atoms with E-state index in [-0.39, 0.29) is 0 Å². The van der Waals surface area contributed by atoms with Crippen LogP contribution in [0.3, 0.4) is 0 Å². The first-order chi connectivity index (χ1) is 9.25. The van der Waals surface area contributed by atoms with Gasteiger partial charge in [0.05, 0.1) is 7.11 Å². The Balaban J connectivity index is 1.91. The number of hydrogen-bond donors (Lipinski definition) is 0. The van der Waals surface area contributed by atoms with Crippen molar-refractivity contribution >= 4 is 0 Å². The molecule has 1 saturated carbocycles. The lowest BCUT2D eigenvalue weighted by molar-refractivity contribution is 0.0692. The molecular formula is C17H23NO. The Labute approximate surface area is 115 Å². The van der Waals surface area contributed by atoms with Gasteiger partial charge in [0.1, 0.15) is 5.75 Å². The maximum absolute atomic E-state index is 5.48. The molecule has 2 fully saturated rings. The van der Waals surface area contributed by atoms with Crippen LogP contribution in [-0.4, -0.2) is 25.6 Å². The molecule has 2 heteroatoms. The minimum atomic E-state index is 0.324. The van der Waals surface area contributed by atoms with E-state index in [1.54, 1.807) is 18.2 Å². The van der Waals surface area contributed by atoms with Gasteiger partial charge in [-0.1, -0.05) is 18.9 Å². The monoisotopic (exact) mass is 257 g/mol. The van der Waals surface area contributed by atoms with Gasteiger partial charge in [-0.25, -0.2) is 0 Å². The molecule has 2 aliphatic carbocycles. The third kappa shape index (κ3) is 1.41. The topological polar surface area (TPSA) is 12.5 Å². The highest BCUT2D eigenvalue weighted by atomic mass is 16.5. The van der Waals surface area contributed by atoms with Gasteiger partial charge in [0, 0.05) is 12.1 Å². The molecule has 0 N–H and O–H groups in total. The van der Waals surface area contributed by atoms with E-state index in [9.17, 15) is 0 Å². The van der Waals surface area contributed by atoms with E-state index < -0.39 is 0 Å². The molecule has 19 heavy (non-hydrogen) atoms. The molecule has 2 nitrogen and oxygen atoms in total. The van der Waals surface area contributed by atoms with Crippen molar-refractivity contribution in [1.29, 1.82) is 0 Å². The first kappa shape index (κ1) is 11.8. The summed E-state index contributed by atoms with van der Waals surface area (Å²) in [6.45, 7) is 1.28. The largest absolute Gasteiger partial charge is 0.497 e. The maximum atomic E-state index is 5.48. The molecule has 0 amide bonds. The van der Waals surface area contributed by atoms with E-state index in [4.69, 9.17) is 4.74 Å². The minimum absolute atomic E-state index is 0.324. The van der Waals surface area contributed by atoms with Gasteiger partial charge in [-0.05, 0) is 61.4 Å². The van der Waals surface area contributed by atoms with Crippen LogP contribution in [0, 0.1) is 11.8 Å². The van der Waals surface area contributed by atoms with E-state index in [0.717, 1.165) is 17.6 Å². The van der Waals surface area contributed by atoms with Crippen LogP contribution in [0.2, 0.25) is 0 Å². The summed E-state index contributed by atoms with van der Waals surface area (Å²) in [4.78, 5) is 2.66. The van der Waals surface area contributed by atoms with Gasteiger partial charge < -0.3 is 4.74 Å². The van der Waals surface area contributed by atoms with E-state index >= 15 is 0 Å². The van der Waals surface area contributed by atoms with Gasteiger partial charge in [0.2, 0.25) is 0 Å². The van der Waals surface area contributed by atoms with E-state index in [2.05, 4.69) is 30.1 Å². The van der Waals surface area contributed by atoms with Gasteiger partial charge in [-0.15, -0.1) is 0 Å². The first-order valence-electron chi connectivity index (χ1n) is 7.64. The molecule has 0 radical (unpaired) electrons. The van der Waals surface area contributed by atoms with Crippen LogP contribution in [0.4, 0.5) is 0 Å². The third-order valence-corrected chi connectivity index (χ3v) is 5.96. The second-order valence-electron chi connectivity index (χ2n) is 6.64. The summed E-state index contributed by atoms with van der Waals surface area (Å²) in [7, 11) is 4.12. The number of hydrogen-bond acceptors (Lipinski definition) is 2.